The molecular formula is C19H31IN4O. The summed E-state index contributed by atoms with van der Waals surface area (Å²) in [5, 5.41) is 3.07. The number of nitrogens with two attached hydrogens (primary N) is 1. The maximum Gasteiger partial charge on any atom is 0.244 e. The fraction of sp³-hybridized carbons (Fsp3) is 0.579. The Bertz CT molecular complexity index is 561. The van der Waals surface area contributed by atoms with E-state index < -0.39 is 0 Å². The molecule has 1 amide bonds. The summed E-state index contributed by atoms with van der Waals surface area (Å²) in [4.78, 5) is 18.3. The Morgan fingerprint density at radius 1 is 1.24 bits per heavy atom. The smallest absolute Gasteiger partial charge is 0.244 e. The molecule has 2 rings (SSSR count). The summed E-state index contributed by atoms with van der Waals surface area (Å²) in [6, 6.07) is 10.6. The number of carbonyl (C=O) groups excluding carboxylic acids is 1. The average Bonchev–Trinajstić information content (AvgIpc) is 2.53. The molecular weight excluding hydrogens is 427 g/mol. The van der Waals surface area contributed by atoms with Gasteiger partial charge in [0.05, 0.1) is 0 Å². The lowest BCUT2D eigenvalue weighted by atomic mass is 9.90. The molecule has 0 aliphatic carbocycles. The van der Waals surface area contributed by atoms with Gasteiger partial charge in [0.15, 0.2) is 5.96 Å². The van der Waals surface area contributed by atoms with Crippen LogP contribution in [0, 0.1) is 5.92 Å². The van der Waals surface area contributed by atoms with Gasteiger partial charge in [-0.2, -0.15) is 0 Å². The Morgan fingerprint density at radius 2 is 1.84 bits per heavy atom. The minimum Gasteiger partial charge on any atom is -0.370 e. The normalized spacial score (nSPS) is 16.3. The predicted octanol–water partition coefficient (Wildman–Crippen LogP) is 2.79. The molecule has 140 valence electrons. The van der Waals surface area contributed by atoms with Gasteiger partial charge in [0.1, 0.15) is 6.54 Å². The lowest BCUT2D eigenvalue weighted by molar-refractivity contribution is -0.130. The Labute approximate surface area is 168 Å². The minimum absolute atomic E-state index is 0. The number of piperidine rings is 1. The van der Waals surface area contributed by atoms with Gasteiger partial charge in [0.2, 0.25) is 5.91 Å². The summed E-state index contributed by atoms with van der Waals surface area (Å²) in [5.74, 6) is 1.05. The second kappa shape index (κ2) is 9.99. The number of nitrogens with one attached hydrogen (secondary N) is 1. The molecule has 1 aromatic carbocycles. The first kappa shape index (κ1) is 21.7. The highest BCUT2D eigenvalue weighted by Gasteiger charge is 2.22. The third-order valence-corrected chi connectivity index (χ3v) is 4.22. The third-order valence-electron chi connectivity index (χ3n) is 4.22. The number of likely N-dealkylation sites (tertiary alicyclic amines) is 1. The predicted molar refractivity (Wildman–Crippen MR) is 114 cm³/mol. The topological polar surface area (TPSA) is 70.7 Å². The fourth-order valence-electron chi connectivity index (χ4n) is 3.01. The number of hydrogen-bond donors (Lipinski definition) is 2. The summed E-state index contributed by atoms with van der Waals surface area (Å²) >= 11 is 0. The number of guanidine groups is 1. The Kier molecular flexibility index (Phi) is 8.68. The Balaban J connectivity index is 0.00000312. The number of halogens is 1. The highest BCUT2D eigenvalue weighted by molar-refractivity contribution is 14.0. The first-order chi connectivity index (χ1) is 11.3. The summed E-state index contributed by atoms with van der Waals surface area (Å²) in [6.07, 6.45) is 3.21. The summed E-state index contributed by atoms with van der Waals surface area (Å²) in [7, 11) is 0. The lowest BCUT2D eigenvalue weighted by Crippen LogP contribution is -2.46. The molecule has 0 radical (unpaired) electrons. The molecule has 0 spiro atoms. The molecule has 5 nitrogen and oxygen atoms in total. The fourth-order valence-corrected chi connectivity index (χ4v) is 3.01. The molecule has 0 unspecified atom stereocenters. The van der Waals surface area contributed by atoms with Crippen molar-refractivity contribution in [3.8, 4) is 0 Å². The van der Waals surface area contributed by atoms with Crippen molar-refractivity contribution in [2.24, 2.45) is 16.6 Å². The van der Waals surface area contributed by atoms with Crippen LogP contribution in [0.15, 0.2) is 35.3 Å². The van der Waals surface area contributed by atoms with Crippen molar-refractivity contribution in [2.75, 3.05) is 19.6 Å². The van der Waals surface area contributed by atoms with Gasteiger partial charge < -0.3 is 16.0 Å². The monoisotopic (exact) mass is 458 g/mol. The standard InChI is InChI=1S/C19H30N4O.HI/c1-19(2,3)22-18(20)21-14-17(24)23-11-9-16(10-12-23)13-15-7-5-4-6-8-15;/h4-8,16H,9-14H2,1-3H3,(H3,20,21,22);1H. The maximum atomic E-state index is 12.3. The van der Waals surface area contributed by atoms with Crippen LogP contribution in [0.3, 0.4) is 0 Å². The van der Waals surface area contributed by atoms with Crippen LogP contribution < -0.4 is 11.1 Å². The molecule has 1 fully saturated rings. The molecule has 0 aromatic heterocycles. The number of rotatable bonds is 4. The number of carbonyl (C=O) groups is 1. The molecule has 1 aliphatic rings. The lowest BCUT2D eigenvalue weighted by Gasteiger charge is -2.32. The quantitative estimate of drug-likeness (QED) is 0.414. The van der Waals surface area contributed by atoms with Crippen molar-refractivity contribution in [3.63, 3.8) is 0 Å². The van der Waals surface area contributed by atoms with Gasteiger partial charge in [0.25, 0.3) is 0 Å². The van der Waals surface area contributed by atoms with E-state index in [9.17, 15) is 4.79 Å². The van der Waals surface area contributed by atoms with E-state index in [2.05, 4.69) is 34.6 Å². The van der Waals surface area contributed by atoms with Gasteiger partial charge in [-0.25, -0.2) is 4.99 Å². The van der Waals surface area contributed by atoms with Crippen molar-refractivity contribution >= 4 is 35.8 Å². The molecule has 25 heavy (non-hydrogen) atoms. The van der Waals surface area contributed by atoms with Gasteiger partial charge in [-0.05, 0) is 51.5 Å². The molecule has 0 saturated carbocycles. The number of benzene rings is 1. The Hall–Kier alpha value is -1.31. The molecule has 0 atom stereocenters. The van der Waals surface area contributed by atoms with Gasteiger partial charge >= 0.3 is 0 Å². The highest BCUT2D eigenvalue weighted by atomic mass is 127. The van der Waals surface area contributed by atoms with Crippen molar-refractivity contribution in [3.05, 3.63) is 35.9 Å². The molecule has 3 N–H and O–H groups in total. The van der Waals surface area contributed by atoms with E-state index in [1.165, 1.54) is 5.56 Å². The molecule has 1 saturated heterocycles. The SMILES string of the molecule is CC(C)(C)NC(N)=NCC(=O)N1CCC(Cc2ccccc2)CC1.I. The molecule has 6 heteroatoms. The highest BCUT2D eigenvalue weighted by Crippen LogP contribution is 2.21. The van der Waals surface area contributed by atoms with E-state index in [-0.39, 0.29) is 42.0 Å². The van der Waals surface area contributed by atoms with Crippen LogP contribution in [0.25, 0.3) is 0 Å². The Morgan fingerprint density at radius 3 is 2.40 bits per heavy atom. The summed E-state index contributed by atoms with van der Waals surface area (Å²) in [6.45, 7) is 7.79. The number of nitrogens with zero attached hydrogens (tertiary/aromatic N) is 2. The summed E-state index contributed by atoms with van der Waals surface area (Å²) < 4.78 is 0. The van der Waals surface area contributed by atoms with E-state index >= 15 is 0 Å². The molecule has 1 aliphatic heterocycles. The van der Waals surface area contributed by atoms with E-state index in [4.69, 9.17) is 5.73 Å². The first-order valence-electron chi connectivity index (χ1n) is 8.73. The second-order valence-electron chi connectivity index (χ2n) is 7.59. The van der Waals surface area contributed by atoms with E-state index in [1.807, 2.05) is 31.7 Å². The molecule has 0 bridgehead atoms. The summed E-state index contributed by atoms with van der Waals surface area (Å²) in [5.41, 5.74) is 7.05. The maximum absolute atomic E-state index is 12.3. The third kappa shape index (κ3) is 8.07. The van der Waals surface area contributed by atoms with Crippen LogP contribution in [-0.2, 0) is 11.2 Å². The van der Waals surface area contributed by atoms with Gasteiger partial charge in [-0.15, -0.1) is 24.0 Å². The van der Waals surface area contributed by atoms with Crippen molar-refractivity contribution in [1.82, 2.24) is 10.2 Å². The zero-order valence-corrected chi connectivity index (χ0v) is 17.8. The second-order valence-corrected chi connectivity index (χ2v) is 7.59. The number of amides is 1. The zero-order valence-electron chi connectivity index (χ0n) is 15.5. The van der Waals surface area contributed by atoms with Crippen molar-refractivity contribution < 1.29 is 4.79 Å². The minimum atomic E-state index is -0.146. The van der Waals surface area contributed by atoms with Crippen LogP contribution in [0.2, 0.25) is 0 Å². The first-order valence-corrected chi connectivity index (χ1v) is 8.73. The van der Waals surface area contributed by atoms with E-state index in [1.54, 1.807) is 0 Å². The number of hydrogen-bond acceptors (Lipinski definition) is 2. The van der Waals surface area contributed by atoms with Crippen LogP contribution >= 0.6 is 24.0 Å². The van der Waals surface area contributed by atoms with Crippen molar-refractivity contribution in [2.45, 2.75) is 45.6 Å². The van der Waals surface area contributed by atoms with E-state index in [0.717, 1.165) is 32.4 Å². The van der Waals surface area contributed by atoms with Crippen LogP contribution in [0.4, 0.5) is 0 Å². The molecule has 1 heterocycles. The van der Waals surface area contributed by atoms with Crippen molar-refractivity contribution in [1.29, 1.82) is 0 Å². The van der Waals surface area contributed by atoms with Gasteiger partial charge in [0, 0.05) is 18.6 Å². The van der Waals surface area contributed by atoms with E-state index in [0.29, 0.717) is 11.9 Å². The molecule has 1 aromatic rings. The van der Waals surface area contributed by atoms with Gasteiger partial charge in [-0.1, -0.05) is 30.3 Å². The van der Waals surface area contributed by atoms with Crippen LogP contribution in [0.5, 0.6) is 0 Å². The largest absolute Gasteiger partial charge is 0.370 e. The average molecular weight is 458 g/mol. The van der Waals surface area contributed by atoms with Gasteiger partial charge in [-0.3, -0.25) is 4.79 Å². The number of aliphatic imine (C=N–C) groups is 1. The van der Waals surface area contributed by atoms with Crippen LogP contribution in [0.1, 0.15) is 39.2 Å². The van der Waals surface area contributed by atoms with Crippen LogP contribution in [-0.4, -0.2) is 41.9 Å². The zero-order chi connectivity index (χ0) is 17.6.